The number of ether oxygens (including phenoxy) is 2. The molecule has 102 valence electrons. The summed E-state index contributed by atoms with van der Waals surface area (Å²) in [6.45, 7) is 1.66. The normalized spacial score (nSPS) is 19.5. The number of nitrogens with zero attached hydrogens (tertiary/aromatic N) is 1. The van der Waals surface area contributed by atoms with Crippen LogP contribution in [0.3, 0.4) is 0 Å². The summed E-state index contributed by atoms with van der Waals surface area (Å²) >= 11 is 0. The molecule has 1 N–H and O–H groups in total. The van der Waals surface area contributed by atoms with E-state index >= 15 is 0 Å². The van der Waals surface area contributed by atoms with Gasteiger partial charge in [-0.2, -0.15) is 0 Å². The molecule has 2 atom stereocenters. The van der Waals surface area contributed by atoms with E-state index < -0.39 is 6.10 Å². The molecule has 0 aromatic heterocycles. The predicted octanol–water partition coefficient (Wildman–Crippen LogP) is 1.15. The van der Waals surface area contributed by atoms with Crippen LogP contribution in [0.25, 0.3) is 0 Å². The first kappa shape index (κ1) is 13.5. The van der Waals surface area contributed by atoms with Crippen molar-refractivity contribution in [1.29, 1.82) is 0 Å². The Morgan fingerprint density at radius 1 is 1.53 bits per heavy atom. The van der Waals surface area contributed by atoms with Gasteiger partial charge in [0.2, 0.25) is 5.90 Å². The zero-order valence-corrected chi connectivity index (χ0v) is 10.8. The first-order valence-electron chi connectivity index (χ1n) is 6.25. The van der Waals surface area contributed by atoms with Gasteiger partial charge in [0, 0.05) is 25.5 Å². The van der Waals surface area contributed by atoms with Crippen molar-refractivity contribution in [2.45, 2.75) is 25.5 Å². The van der Waals surface area contributed by atoms with E-state index in [1.54, 1.807) is 0 Å². The average molecular weight is 263 g/mol. The van der Waals surface area contributed by atoms with Crippen LogP contribution in [0, 0.1) is 0 Å². The monoisotopic (exact) mass is 263 g/mol. The second kappa shape index (κ2) is 6.33. The molecule has 2 rings (SSSR count). The van der Waals surface area contributed by atoms with E-state index in [4.69, 9.17) is 14.6 Å². The molecule has 5 nitrogen and oxygen atoms in total. The Bertz CT molecular complexity index is 458. The van der Waals surface area contributed by atoms with E-state index in [-0.39, 0.29) is 18.6 Å². The molecule has 0 unspecified atom stereocenters. The molecule has 5 heteroatoms. The van der Waals surface area contributed by atoms with Gasteiger partial charge in [-0.3, -0.25) is 4.79 Å². The summed E-state index contributed by atoms with van der Waals surface area (Å²) in [6.07, 6.45) is -0.0807. The molecule has 0 fully saturated rings. The van der Waals surface area contributed by atoms with Gasteiger partial charge < -0.3 is 14.6 Å². The molecule has 1 aromatic carbocycles. The number of rotatable bonds is 5. The molecule has 1 heterocycles. The molecule has 1 aliphatic heterocycles. The number of benzene rings is 1. The fourth-order valence-electron chi connectivity index (χ4n) is 1.99. The maximum Gasteiger partial charge on any atom is 0.302 e. The van der Waals surface area contributed by atoms with Gasteiger partial charge >= 0.3 is 5.97 Å². The SMILES string of the molecule is CC(=O)O[C@H](CCO)[C@@H]1COC(c2ccccc2)=N1. The van der Waals surface area contributed by atoms with Crippen LogP contribution < -0.4 is 0 Å². The van der Waals surface area contributed by atoms with Crippen molar-refractivity contribution in [2.24, 2.45) is 4.99 Å². The molecule has 0 bridgehead atoms. The van der Waals surface area contributed by atoms with Crippen molar-refractivity contribution < 1.29 is 19.4 Å². The first-order chi connectivity index (χ1) is 9.20. The minimum atomic E-state index is -0.441. The lowest BCUT2D eigenvalue weighted by Gasteiger charge is -2.18. The third-order valence-electron chi connectivity index (χ3n) is 2.85. The number of aliphatic hydroxyl groups is 1. The fourth-order valence-corrected chi connectivity index (χ4v) is 1.99. The number of hydrogen-bond donors (Lipinski definition) is 1. The minimum Gasteiger partial charge on any atom is -0.475 e. The molecular weight excluding hydrogens is 246 g/mol. The van der Waals surface area contributed by atoms with Crippen molar-refractivity contribution >= 4 is 11.9 Å². The van der Waals surface area contributed by atoms with Crippen LogP contribution in [0.15, 0.2) is 35.3 Å². The lowest BCUT2D eigenvalue weighted by Crippen LogP contribution is -2.31. The van der Waals surface area contributed by atoms with Gasteiger partial charge in [-0.05, 0) is 12.1 Å². The van der Waals surface area contributed by atoms with E-state index in [1.165, 1.54) is 6.92 Å². The average Bonchev–Trinajstić information content (AvgIpc) is 2.88. The third-order valence-corrected chi connectivity index (χ3v) is 2.85. The molecule has 0 spiro atoms. The topological polar surface area (TPSA) is 68.1 Å². The number of carbonyl (C=O) groups is 1. The van der Waals surface area contributed by atoms with Gasteiger partial charge in [-0.15, -0.1) is 0 Å². The number of aliphatic hydroxyl groups excluding tert-OH is 1. The van der Waals surface area contributed by atoms with Crippen molar-refractivity contribution in [3.63, 3.8) is 0 Å². The Labute approximate surface area is 111 Å². The second-order valence-corrected chi connectivity index (χ2v) is 4.34. The molecule has 0 aliphatic carbocycles. The summed E-state index contributed by atoms with van der Waals surface area (Å²) in [7, 11) is 0. The number of aliphatic imine (C=N–C) groups is 1. The summed E-state index contributed by atoms with van der Waals surface area (Å²) < 4.78 is 10.7. The Hall–Kier alpha value is -1.88. The molecule has 1 aliphatic rings. The van der Waals surface area contributed by atoms with E-state index in [1.807, 2.05) is 30.3 Å². The van der Waals surface area contributed by atoms with Crippen molar-refractivity contribution in [3.05, 3.63) is 35.9 Å². The third kappa shape index (κ3) is 3.54. The predicted molar refractivity (Wildman–Crippen MR) is 70.0 cm³/mol. The van der Waals surface area contributed by atoms with Crippen LogP contribution in [-0.2, 0) is 14.3 Å². The smallest absolute Gasteiger partial charge is 0.302 e. The highest BCUT2D eigenvalue weighted by molar-refractivity contribution is 5.95. The summed E-state index contributed by atoms with van der Waals surface area (Å²) in [5.41, 5.74) is 0.899. The van der Waals surface area contributed by atoms with E-state index in [9.17, 15) is 4.79 Å². The maximum atomic E-state index is 11.0. The molecule has 0 amide bonds. The van der Waals surface area contributed by atoms with Crippen LogP contribution in [0.2, 0.25) is 0 Å². The van der Waals surface area contributed by atoms with Gasteiger partial charge in [0.25, 0.3) is 0 Å². The van der Waals surface area contributed by atoms with Gasteiger partial charge in [-0.1, -0.05) is 18.2 Å². The van der Waals surface area contributed by atoms with E-state index in [0.29, 0.717) is 18.9 Å². The Morgan fingerprint density at radius 3 is 2.89 bits per heavy atom. The second-order valence-electron chi connectivity index (χ2n) is 4.34. The lowest BCUT2D eigenvalue weighted by atomic mass is 10.1. The molecule has 0 saturated heterocycles. The Kier molecular flexibility index (Phi) is 4.52. The number of hydrogen-bond acceptors (Lipinski definition) is 5. The zero-order valence-electron chi connectivity index (χ0n) is 10.8. The minimum absolute atomic E-state index is 0.0510. The van der Waals surface area contributed by atoms with E-state index in [2.05, 4.69) is 4.99 Å². The van der Waals surface area contributed by atoms with Crippen LogP contribution in [0.4, 0.5) is 0 Å². The highest BCUT2D eigenvalue weighted by Gasteiger charge is 2.29. The maximum absolute atomic E-state index is 11.0. The van der Waals surface area contributed by atoms with Crippen LogP contribution in [0.1, 0.15) is 18.9 Å². The van der Waals surface area contributed by atoms with Crippen molar-refractivity contribution in [2.75, 3.05) is 13.2 Å². The van der Waals surface area contributed by atoms with Gasteiger partial charge in [0.1, 0.15) is 18.8 Å². The molecule has 0 radical (unpaired) electrons. The van der Waals surface area contributed by atoms with Gasteiger partial charge in [0.05, 0.1) is 0 Å². The van der Waals surface area contributed by atoms with Crippen molar-refractivity contribution in [1.82, 2.24) is 0 Å². The Morgan fingerprint density at radius 2 is 2.26 bits per heavy atom. The van der Waals surface area contributed by atoms with Crippen molar-refractivity contribution in [3.8, 4) is 0 Å². The standard InChI is InChI=1S/C14H17NO4/c1-10(17)19-13(7-8-16)12-9-18-14(15-12)11-5-3-2-4-6-11/h2-6,12-13,16H,7-9H2,1H3/t12-,13+/m0/s1. The van der Waals surface area contributed by atoms with Crippen LogP contribution in [-0.4, -0.2) is 42.3 Å². The summed E-state index contributed by atoms with van der Waals surface area (Å²) in [4.78, 5) is 15.5. The molecule has 0 saturated carbocycles. The number of esters is 1. The quantitative estimate of drug-likeness (QED) is 0.809. The van der Waals surface area contributed by atoms with Crippen LogP contribution in [0.5, 0.6) is 0 Å². The van der Waals surface area contributed by atoms with Crippen LogP contribution >= 0.6 is 0 Å². The fraction of sp³-hybridized carbons (Fsp3) is 0.429. The summed E-state index contributed by atoms with van der Waals surface area (Å²) in [5.74, 6) is 0.183. The molecule has 1 aromatic rings. The van der Waals surface area contributed by atoms with Gasteiger partial charge in [-0.25, -0.2) is 4.99 Å². The Balaban J connectivity index is 2.09. The summed E-state index contributed by atoms with van der Waals surface area (Å²) in [6, 6.07) is 9.30. The highest BCUT2D eigenvalue weighted by Crippen LogP contribution is 2.18. The van der Waals surface area contributed by atoms with Gasteiger partial charge in [0.15, 0.2) is 0 Å². The summed E-state index contributed by atoms with van der Waals surface area (Å²) in [5, 5.41) is 9.01. The first-order valence-corrected chi connectivity index (χ1v) is 6.25. The largest absolute Gasteiger partial charge is 0.475 e. The van der Waals surface area contributed by atoms with E-state index in [0.717, 1.165) is 5.56 Å². The molecular formula is C14H17NO4. The number of carbonyl (C=O) groups excluding carboxylic acids is 1. The highest BCUT2D eigenvalue weighted by atomic mass is 16.5. The zero-order chi connectivity index (χ0) is 13.7. The lowest BCUT2D eigenvalue weighted by molar-refractivity contribution is -0.148. The molecule has 19 heavy (non-hydrogen) atoms.